The smallest absolute Gasteiger partial charge is 0.0843 e. The Morgan fingerprint density at radius 3 is 2.36 bits per heavy atom. The van der Waals surface area contributed by atoms with Gasteiger partial charge in [0.2, 0.25) is 0 Å². The summed E-state index contributed by atoms with van der Waals surface area (Å²) in [7, 11) is -1.31. The topological polar surface area (TPSA) is 37.3 Å². The second-order valence-corrected chi connectivity index (χ2v) is 4.76. The summed E-state index contributed by atoms with van der Waals surface area (Å²) in [6.45, 7) is 7.14. The van der Waals surface area contributed by atoms with E-state index in [1.165, 1.54) is 0 Å². The van der Waals surface area contributed by atoms with Crippen molar-refractivity contribution in [1.29, 1.82) is 0 Å². The first-order valence-electron chi connectivity index (χ1n) is 4.37. The lowest BCUT2D eigenvalue weighted by atomic mass is 10.2. The highest BCUT2D eigenvalue weighted by Gasteiger charge is 2.12. The van der Waals surface area contributed by atoms with Crippen LogP contribution in [0.25, 0.3) is 0 Å². The van der Waals surface area contributed by atoms with E-state index >= 15 is 0 Å². The average molecular weight is 210 g/mol. The van der Waals surface area contributed by atoms with Crippen molar-refractivity contribution in [3.8, 4) is 0 Å². The average Bonchev–Trinajstić information content (AvgIpc) is 2.16. The molecule has 0 radical (unpaired) electrons. The molecule has 0 aromatic heterocycles. The molecule has 1 aromatic rings. The van der Waals surface area contributed by atoms with Gasteiger partial charge in [-0.25, -0.2) is 4.21 Å². The van der Waals surface area contributed by atoms with E-state index in [9.17, 15) is 9.32 Å². The van der Waals surface area contributed by atoms with Gasteiger partial charge in [0.25, 0.3) is 0 Å². The third-order valence-electron chi connectivity index (χ3n) is 1.94. The number of aryl methyl sites for hydroxylation is 1. The second-order valence-electron chi connectivity index (χ2n) is 3.22. The Bertz CT molecular complexity index is 352. The normalized spacial score (nSPS) is 14.8. The van der Waals surface area contributed by atoms with Crippen LogP contribution in [0.2, 0.25) is 0 Å². The Morgan fingerprint density at radius 2 is 1.93 bits per heavy atom. The largest absolute Gasteiger partial charge is 0.388 e. The third kappa shape index (κ3) is 2.53. The molecule has 0 bridgehead atoms. The van der Waals surface area contributed by atoms with Gasteiger partial charge in [0.15, 0.2) is 0 Å². The molecule has 1 unspecified atom stereocenters. The number of rotatable bonds is 3. The highest BCUT2D eigenvalue weighted by molar-refractivity contribution is 7.89. The van der Waals surface area contributed by atoms with Gasteiger partial charge in [-0.3, -0.25) is 0 Å². The zero-order valence-corrected chi connectivity index (χ0v) is 9.17. The van der Waals surface area contributed by atoms with Gasteiger partial charge in [-0.2, -0.15) is 0 Å². The maximum Gasteiger partial charge on any atom is 0.0843 e. The van der Waals surface area contributed by atoms with Crippen LogP contribution in [0.4, 0.5) is 0 Å². The van der Waals surface area contributed by atoms with Gasteiger partial charge in [-0.1, -0.05) is 24.3 Å². The summed E-state index contributed by atoms with van der Waals surface area (Å²) in [5.74, 6) is 0. The highest BCUT2D eigenvalue weighted by Crippen LogP contribution is 2.16. The van der Waals surface area contributed by atoms with E-state index < -0.39 is 16.9 Å². The lowest BCUT2D eigenvalue weighted by Crippen LogP contribution is -2.08. The van der Waals surface area contributed by atoms with E-state index in [0.717, 1.165) is 5.56 Å². The van der Waals surface area contributed by atoms with Gasteiger partial charge in [0.1, 0.15) is 0 Å². The monoisotopic (exact) mass is 210 g/mol. The predicted molar refractivity (Wildman–Crippen MR) is 58.4 cm³/mol. The van der Waals surface area contributed by atoms with Crippen molar-refractivity contribution in [3.05, 3.63) is 41.3 Å². The lowest BCUT2D eigenvalue weighted by molar-refractivity contribution is 0.240. The molecular weight excluding hydrogens is 196 g/mol. The van der Waals surface area contributed by atoms with Gasteiger partial charge in [-0.15, -0.1) is 0 Å². The fourth-order valence-electron chi connectivity index (χ4n) is 0.968. The predicted octanol–water partition coefficient (Wildman–Crippen LogP) is 2.00. The van der Waals surface area contributed by atoms with Crippen molar-refractivity contribution in [2.45, 2.75) is 24.8 Å². The standard InChI is InChI=1S/C11H14O2S/c1-8-4-6-11(7-5-8)14(13)10(3)9(2)12/h4-7,9,12H,3H2,1-2H3/t9-,14?/m0/s1. The molecule has 0 aliphatic heterocycles. The quantitative estimate of drug-likeness (QED) is 0.828. The van der Waals surface area contributed by atoms with Crippen LogP contribution in [0.5, 0.6) is 0 Å². The van der Waals surface area contributed by atoms with Gasteiger partial charge in [0, 0.05) is 9.80 Å². The van der Waals surface area contributed by atoms with Crippen LogP contribution in [0.3, 0.4) is 0 Å². The van der Waals surface area contributed by atoms with Crippen molar-refractivity contribution in [2.24, 2.45) is 0 Å². The lowest BCUT2D eigenvalue weighted by Gasteiger charge is -2.08. The molecule has 1 aromatic carbocycles. The van der Waals surface area contributed by atoms with Gasteiger partial charge >= 0.3 is 0 Å². The minimum absolute atomic E-state index is 0.342. The van der Waals surface area contributed by atoms with Crippen LogP contribution in [0, 0.1) is 6.92 Å². The van der Waals surface area contributed by atoms with Crippen LogP contribution in [0.1, 0.15) is 12.5 Å². The van der Waals surface area contributed by atoms with Crippen LogP contribution in [0.15, 0.2) is 40.6 Å². The molecule has 3 heteroatoms. The molecule has 1 N–H and O–H groups in total. The fraction of sp³-hybridized carbons (Fsp3) is 0.273. The molecule has 0 spiro atoms. The number of aliphatic hydroxyl groups excluding tert-OH is 1. The molecule has 0 aliphatic rings. The van der Waals surface area contributed by atoms with E-state index in [-0.39, 0.29) is 0 Å². The third-order valence-corrected chi connectivity index (χ3v) is 3.46. The van der Waals surface area contributed by atoms with Crippen molar-refractivity contribution in [2.75, 3.05) is 0 Å². The molecule has 0 heterocycles. The first-order chi connectivity index (χ1) is 6.52. The maximum absolute atomic E-state index is 11.7. The van der Waals surface area contributed by atoms with Crippen molar-refractivity contribution in [1.82, 2.24) is 0 Å². The molecular formula is C11H14O2S. The van der Waals surface area contributed by atoms with Crippen molar-refractivity contribution >= 4 is 10.8 Å². The molecule has 1 rings (SSSR count). The number of hydrogen-bond acceptors (Lipinski definition) is 2. The summed E-state index contributed by atoms with van der Waals surface area (Å²) in [6, 6.07) is 7.36. The number of benzene rings is 1. The van der Waals surface area contributed by atoms with E-state index in [1.54, 1.807) is 19.1 Å². The molecule has 14 heavy (non-hydrogen) atoms. The van der Waals surface area contributed by atoms with Gasteiger partial charge < -0.3 is 5.11 Å². The van der Waals surface area contributed by atoms with E-state index in [1.807, 2.05) is 19.1 Å². The van der Waals surface area contributed by atoms with Gasteiger partial charge in [-0.05, 0) is 26.0 Å². The maximum atomic E-state index is 11.7. The second kappa shape index (κ2) is 4.53. The van der Waals surface area contributed by atoms with E-state index in [2.05, 4.69) is 6.58 Å². The molecule has 0 fully saturated rings. The van der Waals surface area contributed by atoms with Crippen LogP contribution >= 0.6 is 0 Å². The molecule has 2 nitrogen and oxygen atoms in total. The van der Waals surface area contributed by atoms with Crippen LogP contribution < -0.4 is 0 Å². The molecule has 2 atom stereocenters. The summed E-state index contributed by atoms with van der Waals surface area (Å²) in [6.07, 6.45) is -0.739. The molecule has 0 amide bonds. The van der Waals surface area contributed by atoms with Crippen molar-refractivity contribution < 1.29 is 9.32 Å². The fourth-order valence-corrected chi connectivity index (χ4v) is 1.96. The summed E-state index contributed by atoms with van der Waals surface area (Å²) < 4.78 is 11.7. The molecule has 0 aliphatic carbocycles. The Kier molecular flexibility index (Phi) is 3.61. The zero-order chi connectivity index (χ0) is 10.7. The Hall–Kier alpha value is -0.930. The van der Waals surface area contributed by atoms with Gasteiger partial charge in [0.05, 0.1) is 16.9 Å². The minimum Gasteiger partial charge on any atom is -0.388 e. The SMILES string of the molecule is C=C([C@H](C)O)S(=O)c1ccc(C)cc1. The Morgan fingerprint density at radius 1 is 1.43 bits per heavy atom. The minimum atomic E-state index is -1.31. The number of hydrogen-bond donors (Lipinski definition) is 1. The van der Waals surface area contributed by atoms with E-state index in [4.69, 9.17) is 0 Å². The summed E-state index contributed by atoms with van der Waals surface area (Å²) in [5.41, 5.74) is 1.12. The summed E-state index contributed by atoms with van der Waals surface area (Å²) >= 11 is 0. The summed E-state index contributed by atoms with van der Waals surface area (Å²) in [4.78, 5) is 1.02. The van der Waals surface area contributed by atoms with E-state index in [0.29, 0.717) is 9.80 Å². The van der Waals surface area contributed by atoms with Crippen LogP contribution in [-0.2, 0) is 10.8 Å². The van der Waals surface area contributed by atoms with Crippen LogP contribution in [-0.4, -0.2) is 15.4 Å². The van der Waals surface area contributed by atoms with Crippen molar-refractivity contribution in [3.63, 3.8) is 0 Å². The first kappa shape index (κ1) is 11.1. The summed E-state index contributed by atoms with van der Waals surface area (Å²) in [5, 5.41) is 9.21. The number of aliphatic hydroxyl groups is 1. The Balaban J connectivity index is 2.90. The molecule has 76 valence electrons. The molecule has 0 saturated heterocycles. The molecule has 0 saturated carbocycles. The first-order valence-corrected chi connectivity index (χ1v) is 5.52. The Labute approximate surface area is 86.7 Å². The zero-order valence-electron chi connectivity index (χ0n) is 8.36. The highest BCUT2D eigenvalue weighted by atomic mass is 32.2.